The number of halogens is 2. The molecule has 1 aliphatic rings. The number of rotatable bonds is 10. The number of piperidine rings is 1. The van der Waals surface area contributed by atoms with Crippen molar-refractivity contribution in [2.45, 2.75) is 44.6 Å². The first-order chi connectivity index (χ1) is 19.6. The third-order valence-corrected chi connectivity index (χ3v) is 8.17. The normalized spacial score (nSPS) is 14.9. The van der Waals surface area contributed by atoms with Gasteiger partial charge < -0.3 is 13.9 Å². The summed E-state index contributed by atoms with van der Waals surface area (Å²) in [5.41, 5.74) is 3.97. The Morgan fingerprint density at radius 1 is 0.875 bits per heavy atom. The van der Waals surface area contributed by atoms with E-state index in [0.29, 0.717) is 12.5 Å². The van der Waals surface area contributed by atoms with Gasteiger partial charge in [0.05, 0.1) is 12.8 Å². The molecule has 206 valence electrons. The molecular weight excluding hydrogens is 506 g/mol. The number of furan rings is 1. The molecule has 1 fully saturated rings. The number of nitrogens with zero attached hydrogens (tertiary/aromatic N) is 4. The Hall–Kier alpha value is -3.84. The van der Waals surface area contributed by atoms with Crippen molar-refractivity contribution in [3.05, 3.63) is 120 Å². The standard InChI is InChI=1S/C33H34F2N4O/c34-27-11-7-25(8-12-27)30(26-9-13-28(35)14-10-26)5-2-18-38-19-15-24(16-20-38)22-32-37-31-6-1-17-36-33(31)39(32)23-29-4-3-21-40-29/h1,3-4,6-14,17,21,24,30H,2,5,15-16,18-20,22-23H2. The molecule has 0 aliphatic carbocycles. The minimum absolute atomic E-state index is 0.120. The van der Waals surface area contributed by atoms with Crippen molar-refractivity contribution < 1.29 is 13.2 Å². The second-order valence-corrected chi connectivity index (χ2v) is 10.8. The molecule has 0 amide bonds. The summed E-state index contributed by atoms with van der Waals surface area (Å²) >= 11 is 0. The van der Waals surface area contributed by atoms with Gasteiger partial charge in [0.2, 0.25) is 0 Å². The average Bonchev–Trinajstić information content (AvgIpc) is 3.62. The Labute approximate surface area is 233 Å². The van der Waals surface area contributed by atoms with E-state index in [-0.39, 0.29) is 17.6 Å². The van der Waals surface area contributed by atoms with E-state index < -0.39 is 0 Å². The monoisotopic (exact) mass is 540 g/mol. The number of imidazole rings is 1. The van der Waals surface area contributed by atoms with Gasteiger partial charge in [-0.15, -0.1) is 0 Å². The lowest BCUT2D eigenvalue weighted by Gasteiger charge is -2.32. The molecular formula is C33H34F2N4O. The lowest BCUT2D eigenvalue weighted by atomic mass is 9.87. The van der Waals surface area contributed by atoms with Gasteiger partial charge in [-0.2, -0.15) is 0 Å². The fraction of sp³-hybridized carbons (Fsp3) is 0.333. The van der Waals surface area contributed by atoms with E-state index in [1.165, 1.54) is 24.3 Å². The van der Waals surface area contributed by atoms with Gasteiger partial charge in [-0.25, -0.2) is 18.7 Å². The van der Waals surface area contributed by atoms with Crippen LogP contribution < -0.4 is 0 Å². The molecule has 2 aromatic carbocycles. The number of hydrogen-bond acceptors (Lipinski definition) is 4. The SMILES string of the molecule is Fc1ccc(C(CCCN2CCC(Cc3nc4cccnc4n3Cc3ccco3)CC2)c2ccc(F)cc2)cc1. The molecule has 1 aliphatic heterocycles. The highest BCUT2D eigenvalue weighted by Gasteiger charge is 2.23. The van der Waals surface area contributed by atoms with Gasteiger partial charge in [-0.1, -0.05) is 24.3 Å². The molecule has 1 saturated heterocycles. The highest BCUT2D eigenvalue weighted by molar-refractivity contribution is 5.71. The summed E-state index contributed by atoms with van der Waals surface area (Å²) in [6, 6.07) is 21.3. The average molecular weight is 541 g/mol. The van der Waals surface area contributed by atoms with E-state index in [2.05, 4.69) is 14.5 Å². The van der Waals surface area contributed by atoms with E-state index in [9.17, 15) is 8.78 Å². The molecule has 0 radical (unpaired) electrons. The Balaban J connectivity index is 1.05. The van der Waals surface area contributed by atoms with Crippen LogP contribution in [0.4, 0.5) is 8.78 Å². The quantitative estimate of drug-likeness (QED) is 0.188. The van der Waals surface area contributed by atoms with Crippen LogP contribution in [0.5, 0.6) is 0 Å². The second kappa shape index (κ2) is 12.1. The van der Waals surface area contributed by atoms with Gasteiger partial charge in [0.1, 0.15) is 28.7 Å². The maximum atomic E-state index is 13.6. The Bertz CT molecular complexity index is 1460. The van der Waals surface area contributed by atoms with Crippen molar-refractivity contribution >= 4 is 11.2 Å². The van der Waals surface area contributed by atoms with Crippen LogP contribution in [0, 0.1) is 17.6 Å². The van der Waals surface area contributed by atoms with Crippen LogP contribution in [0.25, 0.3) is 11.2 Å². The van der Waals surface area contributed by atoms with Crippen molar-refractivity contribution in [1.82, 2.24) is 19.4 Å². The van der Waals surface area contributed by atoms with Crippen molar-refractivity contribution in [2.75, 3.05) is 19.6 Å². The summed E-state index contributed by atoms with van der Waals surface area (Å²) in [5.74, 6) is 2.20. The fourth-order valence-electron chi connectivity index (χ4n) is 5.99. The van der Waals surface area contributed by atoms with Crippen molar-refractivity contribution in [1.29, 1.82) is 0 Å². The number of likely N-dealkylation sites (tertiary alicyclic amines) is 1. The van der Waals surface area contributed by atoms with Crippen LogP contribution >= 0.6 is 0 Å². The summed E-state index contributed by atoms with van der Waals surface area (Å²) < 4.78 is 34.9. The van der Waals surface area contributed by atoms with Crippen molar-refractivity contribution in [3.8, 4) is 0 Å². The predicted molar refractivity (Wildman–Crippen MR) is 152 cm³/mol. The van der Waals surface area contributed by atoms with Crippen molar-refractivity contribution in [2.24, 2.45) is 5.92 Å². The number of aromatic nitrogens is 3. The lowest BCUT2D eigenvalue weighted by Crippen LogP contribution is -2.35. The number of pyridine rings is 1. The van der Waals surface area contributed by atoms with Gasteiger partial charge >= 0.3 is 0 Å². The third-order valence-electron chi connectivity index (χ3n) is 8.17. The summed E-state index contributed by atoms with van der Waals surface area (Å²) in [6.45, 7) is 3.79. The van der Waals surface area contributed by atoms with Crippen LogP contribution in [-0.2, 0) is 13.0 Å². The molecule has 5 nitrogen and oxygen atoms in total. The Kier molecular flexibility index (Phi) is 8.00. The van der Waals surface area contributed by atoms with Gasteiger partial charge in [0.25, 0.3) is 0 Å². The zero-order valence-electron chi connectivity index (χ0n) is 22.6. The predicted octanol–water partition coefficient (Wildman–Crippen LogP) is 7.22. The molecule has 0 bridgehead atoms. The fourth-order valence-corrected chi connectivity index (χ4v) is 5.99. The third kappa shape index (κ3) is 6.15. The van der Waals surface area contributed by atoms with Crippen LogP contribution in [-0.4, -0.2) is 39.1 Å². The maximum Gasteiger partial charge on any atom is 0.160 e. The highest BCUT2D eigenvalue weighted by atomic mass is 19.1. The van der Waals surface area contributed by atoms with E-state index in [1.807, 2.05) is 54.7 Å². The van der Waals surface area contributed by atoms with Gasteiger partial charge in [0, 0.05) is 18.5 Å². The van der Waals surface area contributed by atoms with Gasteiger partial charge in [-0.05, 0) is 111 Å². The van der Waals surface area contributed by atoms with Crippen LogP contribution in [0.3, 0.4) is 0 Å². The first-order valence-electron chi connectivity index (χ1n) is 14.2. The van der Waals surface area contributed by atoms with Crippen LogP contribution in [0.2, 0.25) is 0 Å². The first kappa shape index (κ1) is 26.4. The summed E-state index contributed by atoms with van der Waals surface area (Å²) in [4.78, 5) is 12.1. The van der Waals surface area contributed by atoms with Gasteiger partial charge in [0.15, 0.2) is 5.65 Å². The molecule has 0 spiro atoms. The molecule has 0 saturated carbocycles. The summed E-state index contributed by atoms with van der Waals surface area (Å²) in [7, 11) is 0. The largest absolute Gasteiger partial charge is 0.467 e. The molecule has 4 heterocycles. The second-order valence-electron chi connectivity index (χ2n) is 10.8. The number of benzene rings is 2. The van der Waals surface area contributed by atoms with E-state index in [0.717, 1.165) is 85.6 Å². The molecule has 0 N–H and O–H groups in total. The number of hydrogen-bond donors (Lipinski definition) is 0. The minimum Gasteiger partial charge on any atom is -0.467 e. The maximum absolute atomic E-state index is 13.6. The Morgan fingerprint density at radius 2 is 1.57 bits per heavy atom. The zero-order valence-corrected chi connectivity index (χ0v) is 22.6. The zero-order chi connectivity index (χ0) is 27.3. The topological polar surface area (TPSA) is 47.1 Å². The molecule has 6 rings (SSSR count). The number of fused-ring (bicyclic) bond motifs is 1. The molecule has 7 heteroatoms. The highest BCUT2D eigenvalue weighted by Crippen LogP contribution is 2.31. The van der Waals surface area contributed by atoms with Crippen LogP contribution in [0.1, 0.15) is 54.3 Å². The first-order valence-corrected chi connectivity index (χ1v) is 14.2. The molecule has 5 aromatic rings. The van der Waals surface area contributed by atoms with Gasteiger partial charge in [-0.3, -0.25) is 0 Å². The molecule has 3 aromatic heterocycles. The summed E-state index contributed by atoms with van der Waals surface area (Å²) in [5, 5.41) is 0. The Morgan fingerprint density at radius 3 is 2.23 bits per heavy atom. The van der Waals surface area contributed by atoms with E-state index >= 15 is 0 Å². The van der Waals surface area contributed by atoms with E-state index in [4.69, 9.17) is 9.40 Å². The lowest BCUT2D eigenvalue weighted by molar-refractivity contribution is 0.179. The summed E-state index contributed by atoms with van der Waals surface area (Å²) in [6.07, 6.45) is 8.69. The molecule has 0 unspecified atom stereocenters. The smallest absolute Gasteiger partial charge is 0.160 e. The van der Waals surface area contributed by atoms with Crippen molar-refractivity contribution in [3.63, 3.8) is 0 Å². The molecule has 40 heavy (non-hydrogen) atoms. The van der Waals surface area contributed by atoms with Crippen LogP contribution in [0.15, 0.2) is 89.7 Å². The van der Waals surface area contributed by atoms with E-state index in [1.54, 1.807) is 6.26 Å². The minimum atomic E-state index is -0.239. The molecule has 0 atom stereocenters.